The van der Waals surface area contributed by atoms with E-state index in [2.05, 4.69) is 15.4 Å². The summed E-state index contributed by atoms with van der Waals surface area (Å²) in [6, 6.07) is 17.8. The van der Waals surface area contributed by atoms with E-state index in [9.17, 15) is 9.59 Å². The van der Waals surface area contributed by atoms with E-state index in [-0.39, 0.29) is 19.0 Å². The van der Waals surface area contributed by atoms with E-state index in [4.69, 9.17) is 16.0 Å². The Balaban J connectivity index is 1.50. The molecule has 144 valence electrons. The van der Waals surface area contributed by atoms with Gasteiger partial charge in [-0.3, -0.25) is 4.79 Å². The Morgan fingerprint density at radius 3 is 2.61 bits per heavy atom. The fourth-order valence-corrected chi connectivity index (χ4v) is 2.67. The number of hydrogen-bond donors (Lipinski definition) is 2. The van der Waals surface area contributed by atoms with Gasteiger partial charge in [-0.25, -0.2) is 4.79 Å². The molecule has 1 amide bonds. The van der Waals surface area contributed by atoms with Crippen molar-refractivity contribution in [1.29, 1.82) is 0 Å². The Morgan fingerprint density at radius 2 is 1.86 bits per heavy atom. The number of nitrogens with one attached hydrogen (secondary N) is 2. The van der Waals surface area contributed by atoms with E-state index in [1.54, 1.807) is 36.4 Å². The van der Waals surface area contributed by atoms with Crippen LogP contribution in [0.15, 0.2) is 65.1 Å². The average Bonchev–Trinajstić information content (AvgIpc) is 3.20. The molecule has 1 aromatic heterocycles. The van der Waals surface area contributed by atoms with Gasteiger partial charge in [-0.05, 0) is 54.6 Å². The predicted molar refractivity (Wildman–Crippen MR) is 107 cm³/mol. The predicted octanol–water partition coefficient (Wildman–Crippen LogP) is 4.11. The monoisotopic (exact) mass is 398 g/mol. The first kappa shape index (κ1) is 19.5. The van der Waals surface area contributed by atoms with Gasteiger partial charge in [-0.15, -0.1) is 0 Å². The number of amides is 1. The van der Waals surface area contributed by atoms with Gasteiger partial charge in [-0.1, -0.05) is 17.7 Å². The highest BCUT2D eigenvalue weighted by atomic mass is 35.5. The molecule has 2 aromatic carbocycles. The van der Waals surface area contributed by atoms with Crippen LogP contribution in [-0.2, 0) is 16.1 Å². The van der Waals surface area contributed by atoms with Crippen molar-refractivity contribution in [2.75, 3.05) is 19.0 Å². The van der Waals surface area contributed by atoms with Gasteiger partial charge in [-0.2, -0.15) is 0 Å². The van der Waals surface area contributed by atoms with Crippen LogP contribution >= 0.6 is 11.6 Å². The van der Waals surface area contributed by atoms with Crippen LogP contribution in [0.1, 0.15) is 16.1 Å². The summed E-state index contributed by atoms with van der Waals surface area (Å²) < 4.78 is 10.4. The van der Waals surface area contributed by atoms with Gasteiger partial charge in [0.15, 0.2) is 0 Å². The van der Waals surface area contributed by atoms with E-state index < -0.39 is 5.97 Å². The molecule has 0 saturated carbocycles. The van der Waals surface area contributed by atoms with Crippen molar-refractivity contribution in [2.45, 2.75) is 6.54 Å². The maximum Gasteiger partial charge on any atom is 0.337 e. The lowest BCUT2D eigenvalue weighted by Crippen LogP contribution is -2.29. The van der Waals surface area contributed by atoms with Crippen LogP contribution < -0.4 is 10.6 Å². The van der Waals surface area contributed by atoms with Crippen LogP contribution in [0.25, 0.3) is 11.3 Å². The molecule has 0 bridgehead atoms. The van der Waals surface area contributed by atoms with Crippen molar-refractivity contribution >= 4 is 29.2 Å². The molecule has 0 aliphatic heterocycles. The van der Waals surface area contributed by atoms with Gasteiger partial charge in [0, 0.05) is 16.3 Å². The topological polar surface area (TPSA) is 80.6 Å². The summed E-state index contributed by atoms with van der Waals surface area (Å²) in [4.78, 5) is 23.6. The van der Waals surface area contributed by atoms with Crippen molar-refractivity contribution in [1.82, 2.24) is 5.32 Å². The molecular weight excluding hydrogens is 380 g/mol. The lowest BCUT2D eigenvalue weighted by atomic mass is 10.2. The zero-order valence-corrected chi connectivity index (χ0v) is 16.0. The van der Waals surface area contributed by atoms with Crippen molar-refractivity contribution in [2.24, 2.45) is 0 Å². The lowest BCUT2D eigenvalue weighted by Gasteiger charge is -2.08. The largest absolute Gasteiger partial charge is 0.465 e. The summed E-state index contributed by atoms with van der Waals surface area (Å²) in [7, 11) is 1.32. The molecule has 3 aromatic rings. The second kappa shape index (κ2) is 9.10. The number of carbonyl (C=O) groups excluding carboxylic acids is 2. The third-order valence-corrected chi connectivity index (χ3v) is 4.24. The highest BCUT2D eigenvalue weighted by Gasteiger charge is 2.08. The lowest BCUT2D eigenvalue weighted by molar-refractivity contribution is -0.119. The number of esters is 1. The number of carbonyl (C=O) groups is 2. The zero-order chi connectivity index (χ0) is 19.9. The number of anilines is 1. The SMILES string of the molecule is COC(=O)c1cccc(NCC(=O)NCc2ccc(-c3ccc(Cl)cc3)o2)c1. The molecule has 7 heteroatoms. The Morgan fingerprint density at radius 1 is 1.07 bits per heavy atom. The van der Waals surface area contributed by atoms with Gasteiger partial charge < -0.3 is 19.8 Å². The third-order valence-electron chi connectivity index (χ3n) is 3.99. The molecule has 3 rings (SSSR count). The highest BCUT2D eigenvalue weighted by molar-refractivity contribution is 6.30. The number of benzene rings is 2. The van der Waals surface area contributed by atoms with Gasteiger partial charge in [0.25, 0.3) is 0 Å². The molecule has 1 heterocycles. The molecule has 0 saturated heterocycles. The van der Waals surface area contributed by atoms with E-state index in [1.165, 1.54) is 7.11 Å². The van der Waals surface area contributed by atoms with Crippen molar-refractivity contribution in [3.8, 4) is 11.3 Å². The first-order valence-electron chi connectivity index (χ1n) is 8.59. The number of halogens is 1. The molecular formula is C21H19ClN2O4. The molecule has 0 atom stereocenters. The summed E-state index contributed by atoms with van der Waals surface area (Å²) >= 11 is 5.89. The summed E-state index contributed by atoms with van der Waals surface area (Å²) in [6.45, 7) is 0.339. The van der Waals surface area contributed by atoms with E-state index >= 15 is 0 Å². The number of methoxy groups -OCH3 is 1. The van der Waals surface area contributed by atoms with Crippen LogP contribution in [0.2, 0.25) is 5.02 Å². The standard InChI is InChI=1S/C21H19ClN2O4/c1-27-21(26)15-3-2-4-17(11-15)23-13-20(25)24-12-18-9-10-19(28-18)14-5-7-16(22)8-6-14/h2-11,23H,12-13H2,1H3,(H,24,25). The van der Waals surface area contributed by atoms with Crippen LogP contribution in [0.5, 0.6) is 0 Å². The maximum absolute atomic E-state index is 12.1. The van der Waals surface area contributed by atoms with Gasteiger partial charge in [0.1, 0.15) is 11.5 Å². The first-order valence-corrected chi connectivity index (χ1v) is 8.96. The maximum atomic E-state index is 12.1. The summed E-state index contributed by atoms with van der Waals surface area (Å²) in [5, 5.41) is 6.42. The van der Waals surface area contributed by atoms with Crippen LogP contribution in [0, 0.1) is 0 Å². The number of ether oxygens (including phenoxy) is 1. The van der Waals surface area contributed by atoms with E-state index in [1.807, 2.05) is 24.3 Å². The summed E-state index contributed by atoms with van der Waals surface area (Å²) in [6.07, 6.45) is 0. The molecule has 2 N–H and O–H groups in total. The fraction of sp³-hybridized carbons (Fsp3) is 0.143. The Kier molecular flexibility index (Phi) is 6.34. The Bertz CT molecular complexity index is 967. The van der Waals surface area contributed by atoms with Crippen molar-refractivity contribution in [3.05, 3.63) is 77.0 Å². The van der Waals surface area contributed by atoms with Gasteiger partial charge in [0.2, 0.25) is 5.91 Å². The molecule has 0 spiro atoms. The molecule has 28 heavy (non-hydrogen) atoms. The zero-order valence-electron chi connectivity index (χ0n) is 15.2. The highest BCUT2D eigenvalue weighted by Crippen LogP contribution is 2.23. The second-order valence-electron chi connectivity index (χ2n) is 5.98. The number of rotatable bonds is 7. The summed E-state index contributed by atoms with van der Waals surface area (Å²) in [5.74, 6) is 0.722. The van der Waals surface area contributed by atoms with Crippen LogP contribution in [0.3, 0.4) is 0 Å². The van der Waals surface area contributed by atoms with Crippen LogP contribution in [-0.4, -0.2) is 25.5 Å². The van der Waals surface area contributed by atoms with Crippen molar-refractivity contribution in [3.63, 3.8) is 0 Å². The van der Waals surface area contributed by atoms with E-state index in [0.29, 0.717) is 27.8 Å². The van der Waals surface area contributed by atoms with Crippen LogP contribution in [0.4, 0.5) is 5.69 Å². The molecule has 0 aliphatic carbocycles. The molecule has 0 unspecified atom stereocenters. The second-order valence-corrected chi connectivity index (χ2v) is 6.41. The fourth-order valence-electron chi connectivity index (χ4n) is 2.55. The van der Waals surface area contributed by atoms with Crippen molar-refractivity contribution < 1.29 is 18.7 Å². The first-order chi connectivity index (χ1) is 13.5. The molecule has 0 fully saturated rings. The quantitative estimate of drug-likeness (QED) is 0.585. The summed E-state index contributed by atoms with van der Waals surface area (Å²) in [5.41, 5.74) is 1.98. The smallest absolute Gasteiger partial charge is 0.337 e. The molecule has 6 nitrogen and oxygen atoms in total. The minimum Gasteiger partial charge on any atom is -0.465 e. The number of furan rings is 1. The Labute approximate surface area is 167 Å². The third kappa shape index (κ3) is 5.14. The molecule has 0 radical (unpaired) electrons. The minimum absolute atomic E-state index is 0.0649. The van der Waals surface area contributed by atoms with Gasteiger partial charge >= 0.3 is 5.97 Å². The average molecular weight is 399 g/mol. The van der Waals surface area contributed by atoms with E-state index in [0.717, 1.165) is 5.56 Å². The minimum atomic E-state index is -0.428. The van der Waals surface area contributed by atoms with Gasteiger partial charge in [0.05, 0.1) is 25.8 Å². The molecule has 0 aliphatic rings. The normalized spacial score (nSPS) is 10.4. The number of hydrogen-bond acceptors (Lipinski definition) is 5. The Hall–Kier alpha value is -3.25.